The fraction of sp³-hybridized carbons (Fsp3) is 0.500. The van der Waals surface area contributed by atoms with Crippen molar-refractivity contribution in [2.75, 3.05) is 11.1 Å². The van der Waals surface area contributed by atoms with Crippen LogP contribution in [-0.2, 0) is 0 Å². The highest BCUT2D eigenvalue weighted by molar-refractivity contribution is 5.89. The minimum Gasteiger partial charge on any atom is -0.478 e. The number of hydrogen-bond acceptors (Lipinski definition) is 4. The third-order valence-electron chi connectivity index (χ3n) is 3.35. The average Bonchev–Trinajstić information content (AvgIpc) is 2.67. The quantitative estimate of drug-likeness (QED) is 0.745. The van der Waals surface area contributed by atoms with Crippen LogP contribution in [-0.4, -0.2) is 22.1 Å². The molecule has 0 bridgehead atoms. The molecule has 2 rings (SSSR count). The van der Waals surface area contributed by atoms with Crippen LogP contribution in [0.15, 0.2) is 12.3 Å². The predicted octanol–water partition coefficient (Wildman–Crippen LogP) is 1.96. The molecule has 0 aliphatic heterocycles. The Labute approximate surface area is 100 Å². The summed E-state index contributed by atoms with van der Waals surface area (Å²) in [6, 6.07) is 1.83. The number of nitrogen functional groups attached to an aromatic ring is 1. The number of nitrogens with zero attached hydrogens (tertiary/aromatic N) is 1. The summed E-state index contributed by atoms with van der Waals surface area (Å²) in [6.45, 7) is 2.20. The molecule has 1 fully saturated rings. The summed E-state index contributed by atoms with van der Waals surface area (Å²) in [4.78, 5) is 14.8. The van der Waals surface area contributed by atoms with Gasteiger partial charge in [0.1, 0.15) is 5.82 Å². The van der Waals surface area contributed by atoms with Gasteiger partial charge in [-0.05, 0) is 24.8 Å². The fourth-order valence-corrected chi connectivity index (χ4v) is 2.25. The second kappa shape index (κ2) is 4.61. The lowest BCUT2D eigenvalue weighted by Gasteiger charge is -2.19. The molecule has 1 aromatic rings. The first-order chi connectivity index (χ1) is 8.08. The van der Waals surface area contributed by atoms with Crippen molar-refractivity contribution >= 4 is 17.5 Å². The Hall–Kier alpha value is -1.78. The van der Waals surface area contributed by atoms with E-state index in [4.69, 9.17) is 10.8 Å². The minimum atomic E-state index is -1.01. The van der Waals surface area contributed by atoms with Crippen LogP contribution in [0.5, 0.6) is 0 Å². The number of carbonyl (C=O) groups is 1. The molecule has 17 heavy (non-hydrogen) atoms. The van der Waals surface area contributed by atoms with Gasteiger partial charge in [0.15, 0.2) is 0 Å². The number of hydrogen-bond donors (Lipinski definition) is 3. The number of rotatable bonds is 3. The van der Waals surface area contributed by atoms with Crippen LogP contribution < -0.4 is 11.1 Å². The number of anilines is 2. The smallest absolute Gasteiger partial charge is 0.337 e. The summed E-state index contributed by atoms with van der Waals surface area (Å²) >= 11 is 0. The lowest BCUT2D eigenvalue weighted by Crippen LogP contribution is -2.23. The van der Waals surface area contributed by atoms with Crippen molar-refractivity contribution in [1.29, 1.82) is 0 Å². The lowest BCUT2D eigenvalue weighted by atomic mass is 10.1. The number of aromatic carboxylic acids is 1. The van der Waals surface area contributed by atoms with Crippen molar-refractivity contribution in [3.63, 3.8) is 0 Å². The van der Waals surface area contributed by atoms with Gasteiger partial charge < -0.3 is 16.2 Å². The number of nitrogens with two attached hydrogens (primary N) is 1. The molecule has 92 valence electrons. The van der Waals surface area contributed by atoms with Crippen molar-refractivity contribution < 1.29 is 9.90 Å². The van der Waals surface area contributed by atoms with Crippen LogP contribution in [0.25, 0.3) is 0 Å². The Bertz CT molecular complexity index is 434. The Morgan fingerprint density at radius 1 is 1.59 bits per heavy atom. The zero-order valence-corrected chi connectivity index (χ0v) is 9.81. The number of carboxylic acid groups (broad SMARTS) is 1. The van der Waals surface area contributed by atoms with Crippen LogP contribution in [0.1, 0.15) is 36.5 Å². The molecule has 1 heterocycles. The predicted molar refractivity (Wildman–Crippen MR) is 66.0 cm³/mol. The SMILES string of the molecule is CC1CCCC1Nc1ncc(C(=O)O)cc1N. The Morgan fingerprint density at radius 2 is 2.35 bits per heavy atom. The van der Waals surface area contributed by atoms with Crippen LogP contribution >= 0.6 is 0 Å². The van der Waals surface area contributed by atoms with Gasteiger partial charge >= 0.3 is 5.97 Å². The topological polar surface area (TPSA) is 88.2 Å². The highest BCUT2D eigenvalue weighted by Gasteiger charge is 2.24. The number of carboxylic acids is 1. The summed E-state index contributed by atoms with van der Waals surface area (Å²) in [7, 11) is 0. The fourth-order valence-electron chi connectivity index (χ4n) is 2.25. The second-order valence-electron chi connectivity index (χ2n) is 4.63. The normalized spacial score (nSPS) is 23.6. The average molecular weight is 235 g/mol. The Balaban J connectivity index is 2.14. The van der Waals surface area contributed by atoms with Crippen molar-refractivity contribution in [2.45, 2.75) is 32.2 Å². The molecule has 0 amide bonds. The molecule has 2 unspecified atom stereocenters. The van der Waals surface area contributed by atoms with Gasteiger partial charge in [0, 0.05) is 12.2 Å². The summed E-state index contributed by atoms with van der Waals surface area (Å²) in [6.07, 6.45) is 4.88. The number of nitrogens with one attached hydrogen (secondary N) is 1. The van der Waals surface area contributed by atoms with Gasteiger partial charge in [-0.1, -0.05) is 13.3 Å². The van der Waals surface area contributed by atoms with E-state index in [1.54, 1.807) is 0 Å². The van der Waals surface area contributed by atoms with Crippen LogP contribution in [0.2, 0.25) is 0 Å². The first kappa shape index (κ1) is 11.7. The molecule has 4 N–H and O–H groups in total. The van der Waals surface area contributed by atoms with Crippen LogP contribution in [0.3, 0.4) is 0 Å². The zero-order chi connectivity index (χ0) is 12.4. The summed E-state index contributed by atoms with van der Waals surface area (Å²) in [5, 5.41) is 12.1. The van der Waals surface area contributed by atoms with Crippen molar-refractivity contribution in [2.24, 2.45) is 5.92 Å². The van der Waals surface area contributed by atoms with E-state index < -0.39 is 5.97 Å². The van der Waals surface area contributed by atoms with E-state index in [1.807, 2.05) is 0 Å². The summed E-state index contributed by atoms with van der Waals surface area (Å²) in [5.41, 5.74) is 6.31. The molecule has 5 nitrogen and oxygen atoms in total. The molecule has 0 spiro atoms. The maximum Gasteiger partial charge on any atom is 0.337 e. The highest BCUT2D eigenvalue weighted by atomic mass is 16.4. The molecule has 1 aliphatic carbocycles. The maximum absolute atomic E-state index is 10.7. The van der Waals surface area contributed by atoms with Crippen molar-refractivity contribution in [3.8, 4) is 0 Å². The number of pyridine rings is 1. The minimum absolute atomic E-state index is 0.118. The molecule has 1 aromatic heterocycles. The van der Waals surface area contributed by atoms with Crippen LogP contribution in [0.4, 0.5) is 11.5 Å². The molecular weight excluding hydrogens is 218 g/mol. The molecular formula is C12H17N3O2. The highest BCUT2D eigenvalue weighted by Crippen LogP contribution is 2.29. The Kier molecular flexibility index (Phi) is 3.17. The third kappa shape index (κ3) is 2.49. The Morgan fingerprint density at radius 3 is 2.88 bits per heavy atom. The lowest BCUT2D eigenvalue weighted by molar-refractivity contribution is 0.0696. The van der Waals surface area contributed by atoms with Crippen molar-refractivity contribution in [1.82, 2.24) is 4.98 Å². The van der Waals surface area contributed by atoms with E-state index >= 15 is 0 Å². The van der Waals surface area contributed by atoms with Gasteiger partial charge in [0.05, 0.1) is 11.3 Å². The van der Waals surface area contributed by atoms with Gasteiger partial charge in [-0.15, -0.1) is 0 Å². The van der Waals surface area contributed by atoms with E-state index in [0.29, 0.717) is 23.5 Å². The number of aromatic nitrogens is 1. The standard InChI is InChI=1S/C12H17N3O2/c1-7-3-2-4-10(7)15-11-9(13)5-8(6-14-11)12(16)17/h5-7,10H,2-4,13H2,1H3,(H,14,15)(H,16,17). The van der Waals surface area contributed by atoms with Gasteiger partial charge in [0.25, 0.3) is 0 Å². The van der Waals surface area contributed by atoms with E-state index in [1.165, 1.54) is 25.1 Å². The second-order valence-corrected chi connectivity index (χ2v) is 4.63. The summed E-state index contributed by atoms with van der Waals surface area (Å²) < 4.78 is 0. The molecule has 5 heteroatoms. The third-order valence-corrected chi connectivity index (χ3v) is 3.35. The van der Waals surface area contributed by atoms with E-state index in [0.717, 1.165) is 6.42 Å². The maximum atomic E-state index is 10.7. The molecule has 0 aromatic carbocycles. The van der Waals surface area contributed by atoms with Gasteiger partial charge in [-0.3, -0.25) is 0 Å². The van der Waals surface area contributed by atoms with Crippen LogP contribution in [0, 0.1) is 5.92 Å². The molecule has 0 radical (unpaired) electrons. The van der Waals surface area contributed by atoms with Gasteiger partial charge in [-0.2, -0.15) is 0 Å². The molecule has 0 saturated heterocycles. The summed E-state index contributed by atoms with van der Waals surface area (Å²) in [5.74, 6) is 0.189. The van der Waals surface area contributed by atoms with E-state index in [9.17, 15) is 4.79 Å². The first-order valence-corrected chi connectivity index (χ1v) is 5.83. The van der Waals surface area contributed by atoms with E-state index in [-0.39, 0.29) is 5.56 Å². The molecule has 1 aliphatic rings. The largest absolute Gasteiger partial charge is 0.478 e. The van der Waals surface area contributed by atoms with Crippen molar-refractivity contribution in [3.05, 3.63) is 17.8 Å². The first-order valence-electron chi connectivity index (χ1n) is 5.83. The van der Waals surface area contributed by atoms with Gasteiger partial charge in [-0.25, -0.2) is 9.78 Å². The monoisotopic (exact) mass is 235 g/mol. The van der Waals surface area contributed by atoms with Gasteiger partial charge in [0.2, 0.25) is 0 Å². The molecule has 1 saturated carbocycles. The van der Waals surface area contributed by atoms with E-state index in [2.05, 4.69) is 17.2 Å². The zero-order valence-electron chi connectivity index (χ0n) is 9.81. The molecule has 2 atom stereocenters.